The molecule has 1 aliphatic heterocycles. The number of aryl methyl sites for hydroxylation is 1. The van der Waals surface area contributed by atoms with Crippen LogP contribution in [0.15, 0.2) is 18.2 Å². The Hall–Kier alpha value is -2.75. The molecule has 0 atom stereocenters. The number of carbonyl (C=O) groups is 2. The zero-order chi connectivity index (χ0) is 19.3. The second-order valence-electron chi connectivity index (χ2n) is 7.34. The van der Waals surface area contributed by atoms with Gasteiger partial charge in [0.25, 0.3) is 0 Å². The number of hydrogen-bond acceptors (Lipinski definition) is 5. The van der Waals surface area contributed by atoms with Gasteiger partial charge in [0.1, 0.15) is 12.0 Å². The van der Waals surface area contributed by atoms with Gasteiger partial charge in [0, 0.05) is 37.6 Å². The maximum absolute atomic E-state index is 12.1. The number of carbonyl (C=O) groups excluding carboxylic acids is 2. The minimum Gasteiger partial charge on any atom is -0.444 e. The van der Waals surface area contributed by atoms with Crippen LogP contribution in [0.25, 0.3) is 0 Å². The molecule has 140 valence electrons. The summed E-state index contributed by atoms with van der Waals surface area (Å²) in [5, 5.41) is 11.3. The van der Waals surface area contributed by atoms with Crippen LogP contribution in [-0.2, 0) is 9.53 Å². The number of piperazine rings is 1. The minimum atomic E-state index is -0.489. The first-order chi connectivity index (χ1) is 12.2. The molecule has 1 aliphatic rings. The third kappa shape index (κ3) is 5.38. The van der Waals surface area contributed by atoms with Gasteiger partial charge in [-0.05, 0) is 51.5 Å². The maximum atomic E-state index is 12.1. The van der Waals surface area contributed by atoms with Crippen LogP contribution in [0.3, 0.4) is 0 Å². The van der Waals surface area contributed by atoms with Gasteiger partial charge in [-0.15, -0.1) is 0 Å². The average Bonchev–Trinajstić information content (AvgIpc) is 2.54. The summed E-state index contributed by atoms with van der Waals surface area (Å²) < 4.78 is 5.42. The van der Waals surface area contributed by atoms with Crippen molar-refractivity contribution in [3.05, 3.63) is 23.8 Å². The Labute approximate surface area is 154 Å². The Kier molecular flexibility index (Phi) is 6.09. The summed E-state index contributed by atoms with van der Waals surface area (Å²) in [7, 11) is 0. The van der Waals surface area contributed by atoms with E-state index < -0.39 is 5.60 Å². The Morgan fingerprint density at radius 3 is 2.42 bits per heavy atom. The molecule has 26 heavy (non-hydrogen) atoms. The summed E-state index contributed by atoms with van der Waals surface area (Å²) in [6.07, 6.45) is -0.433. The fraction of sp³-hybridized carbons (Fsp3) is 0.526. The molecule has 1 heterocycles. The molecule has 0 spiro atoms. The Morgan fingerprint density at radius 1 is 1.23 bits per heavy atom. The van der Waals surface area contributed by atoms with Crippen molar-refractivity contribution in [1.82, 2.24) is 4.90 Å². The molecule has 0 saturated carbocycles. The molecule has 1 fully saturated rings. The molecule has 0 radical (unpaired) electrons. The van der Waals surface area contributed by atoms with Crippen LogP contribution < -0.4 is 10.2 Å². The minimum absolute atomic E-state index is 0.159. The zero-order valence-corrected chi connectivity index (χ0v) is 15.8. The van der Waals surface area contributed by atoms with E-state index in [1.807, 2.05) is 52.0 Å². The number of rotatable bonds is 3. The average molecular weight is 358 g/mol. The van der Waals surface area contributed by atoms with Gasteiger partial charge in [-0.3, -0.25) is 4.79 Å². The standard InChI is InChI=1S/C19H26N4O3/c1-14-13-15(21-17(24)7-8-20)5-6-16(14)22-9-11-23(12-10-22)18(25)26-19(2,3)4/h5-6,13H,7,9-12H2,1-4H3,(H,21,24). The molecule has 0 unspecified atom stereocenters. The van der Waals surface area contributed by atoms with Crippen molar-refractivity contribution in [2.24, 2.45) is 0 Å². The Bertz CT molecular complexity index is 710. The number of benzene rings is 1. The zero-order valence-electron chi connectivity index (χ0n) is 15.8. The molecule has 2 amide bonds. The highest BCUT2D eigenvalue weighted by Crippen LogP contribution is 2.25. The topological polar surface area (TPSA) is 85.7 Å². The predicted molar refractivity (Wildman–Crippen MR) is 100 cm³/mol. The van der Waals surface area contributed by atoms with Gasteiger partial charge in [0.05, 0.1) is 6.07 Å². The highest BCUT2D eigenvalue weighted by molar-refractivity contribution is 5.92. The van der Waals surface area contributed by atoms with Crippen molar-refractivity contribution < 1.29 is 14.3 Å². The van der Waals surface area contributed by atoms with Crippen molar-refractivity contribution in [1.29, 1.82) is 5.26 Å². The summed E-state index contributed by atoms with van der Waals surface area (Å²) in [6.45, 7) is 10.2. The molecule has 7 heteroatoms. The number of nitrogens with one attached hydrogen (secondary N) is 1. The summed E-state index contributed by atoms with van der Waals surface area (Å²) in [6, 6.07) is 7.51. The van der Waals surface area contributed by atoms with Crippen LogP contribution in [-0.4, -0.2) is 48.7 Å². The highest BCUT2D eigenvalue weighted by atomic mass is 16.6. The molecule has 1 saturated heterocycles. The molecule has 1 aromatic carbocycles. The van der Waals surface area contributed by atoms with E-state index >= 15 is 0 Å². The molecular formula is C19H26N4O3. The Balaban J connectivity index is 1.96. The molecule has 0 aliphatic carbocycles. The van der Waals surface area contributed by atoms with Crippen LogP contribution >= 0.6 is 0 Å². The second-order valence-corrected chi connectivity index (χ2v) is 7.34. The smallest absolute Gasteiger partial charge is 0.410 e. The van der Waals surface area contributed by atoms with Crippen LogP contribution in [0.2, 0.25) is 0 Å². The van der Waals surface area contributed by atoms with Gasteiger partial charge in [-0.2, -0.15) is 5.26 Å². The van der Waals surface area contributed by atoms with Gasteiger partial charge >= 0.3 is 6.09 Å². The van der Waals surface area contributed by atoms with E-state index in [2.05, 4.69) is 10.2 Å². The van der Waals surface area contributed by atoms with E-state index in [4.69, 9.17) is 10.00 Å². The monoisotopic (exact) mass is 358 g/mol. The first kappa shape index (κ1) is 19.6. The van der Waals surface area contributed by atoms with Gasteiger partial charge in [0.2, 0.25) is 5.91 Å². The number of amides is 2. The Morgan fingerprint density at radius 2 is 1.88 bits per heavy atom. The lowest BCUT2D eigenvalue weighted by Gasteiger charge is -2.37. The molecule has 2 rings (SSSR count). The van der Waals surface area contributed by atoms with E-state index in [1.165, 1.54) is 0 Å². The molecule has 7 nitrogen and oxygen atoms in total. The van der Waals surface area contributed by atoms with E-state index in [1.54, 1.807) is 4.90 Å². The number of nitrogens with zero attached hydrogens (tertiary/aromatic N) is 3. The van der Waals surface area contributed by atoms with E-state index in [-0.39, 0.29) is 18.4 Å². The van der Waals surface area contributed by atoms with Crippen LogP contribution in [0, 0.1) is 18.3 Å². The van der Waals surface area contributed by atoms with Gasteiger partial charge < -0.3 is 19.9 Å². The largest absolute Gasteiger partial charge is 0.444 e. The summed E-state index contributed by atoms with van der Waals surface area (Å²) in [5.41, 5.74) is 2.30. The summed E-state index contributed by atoms with van der Waals surface area (Å²) in [4.78, 5) is 27.6. The predicted octanol–water partition coefficient (Wildman–Crippen LogP) is 2.90. The third-order valence-corrected chi connectivity index (χ3v) is 3.99. The van der Waals surface area contributed by atoms with Crippen LogP contribution in [0.1, 0.15) is 32.8 Å². The number of anilines is 2. The second kappa shape index (κ2) is 8.09. The fourth-order valence-electron chi connectivity index (χ4n) is 2.82. The first-order valence-electron chi connectivity index (χ1n) is 8.70. The molecular weight excluding hydrogens is 332 g/mol. The van der Waals surface area contributed by atoms with Gasteiger partial charge in [0.15, 0.2) is 0 Å². The highest BCUT2D eigenvalue weighted by Gasteiger charge is 2.26. The fourth-order valence-corrected chi connectivity index (χ4v) is 2.82. The van der Waals surface area contributed by atoms with Crippen molar-refractivity contribution in [2.45, 2.75) is 39.7 Å². The maximum Gasteiger partial charge on any atom is 0.410 e. The van der Waals surface area contributed by atoms with E-state index in [0.29, 0.717) is 18.8 Å². The molecule has 1 aromatic rings. The van der Waals surface area contributed by atoms with Gasteiger partial charge in [-0.1, -0.05) is 0 Å². The lowest BCUT2D eigenvalue weighted by molar-refractivity contribution is -0.115. The van der Waals surface area contributed by atoms with E-state index in [9.17, 15) is 9.59 Å². The number of hydrogen-bond donors (Lipinski definition) is 1. The number of ether oxygens (including phenoxy) is 1. The number of nitriles is 1. The van der Waals surface area contributed by atoms with Crippen molar-refractivity contribution in [3.8, 4) is 6.07 Å². The quantitative estimate of drug-likeness (QED) is 0.898. The van der Waals surface area contributed by atoms with Crippen molar-refractivity contribution >= 4 is 23.4 Å². The van der Waals surface area contributed by atoms with Crippen LogP contribution in [0.4, 0.5) is 16.2 Å². The lowest BCUT2D eigenvalue weighted by atomic mass is 10.1. The molecule has 0 bridgehead atoms. The van der Waals surface area contributed by atoms with E-state index in [0.717, 1.165) is 24.3 Å². The lowest BCUT2D eigenvalue weighted by Crippen LogP contribution is -2.50. The normalized spacial score (nSPS) is 14.6. The third-order valence-electron chi connectivity index (χ3n) is 3.99. The summed E-state index contributed by atoms with van der Waals surface area (Å²) >= 11 is 0. The first-order valence-corrected chi connectivity index (χ1v) is 8.70. The summed E-state index contributed by atoms with van der Waals surface area (Å²) in [5.74, 6) is -0.314. The van der Waals surface area contributed by atoms with Gasteiger partial charge in [-0.25, -0.2) is 4.79 Å². The van der Waals surface area contributed by atoms with Crippen molar-refractivity contribution in [2.75, 3.05) is 36.4 Å². The van der Waals surface area contributed by atoms with Crippen molar-refractivity contribution in [3.63, 3.8) is 0 Å². The van der Waals surface area contributed by atoms with Crippen LogP contribution in [0.5, 0.6) is 0 Å². The molecule has 0 aromatic heterocycles. The SMILES string of the molecule is Cc1cc(NC(=O)CC#N)ccc1N1CCN(C(=O)OC(C)(C)C)CC1. The molecule has 1 N–H and O–H groups in total.